The van der Waals surface area contributed by atoms with Crippen LogP contribution in [-0.2, 0) is 0 Å². The zero-order valence-corrected chi connectivity index (χ0v) is 12.6. The third-order valence-electron chi connectivity index (χ3n) is 4.60. The van der Waals surface area contributed by atoms with Crippen molar-refractivity contribution in [3.8, 4) is 0 Å². The SMILES string of the molecule is Cc1noc2nc(C3CC3)cc(C(=O)NCC(N)C3CC3)c12. The lowest BCUT2D eigenvalue weighted by Crippen LogP contribution is -2.38. The fourth-order valence-electron chi connectivity index (χ4n) is 2.88. The monoisotopic (exact) mass is 300 g/mol. The summed E-state index contributed by atoms with van der Waals surface area (Å²) in [5, 5.41) is 7.62. The summed E-state index contributed by atoms with van der Waals surface area (Å²) in [7, 11) is 0. The molecule has 22 heavy (non-hydrogen) atoms. The lowest BCUT2D eigenvalue weighted by Gasteiger charge is -2.12. The number of nitrogens with two attached hydrogens (primary N) is 1. The number of nitrogens with zero attached hydrogens (tertiary/aromatic N) is 2. The van der Waals surface area contributed by atoms with E-state index in [0.717, 1.165) is 18.5 Å². The molecule has 0 spiro atoms. The van der Waals surface area contributed by atoms with Gasteiger partial charge in [0, 0.05) is 24.2 Å². The lowest BCUT2D eigenvalue weighted by atomic mass is 10.1. The number of carbonyl (C=O) groups excluding carboxylic acids is 1. The molecule has 0 saturated heterocycles. The summed E-state index contributed by atoms with van der Waals surface area (Å²) in [6.45, 7) is 2.34. The van der Waals surface area contributed by atoms with Crippen molar-refractivity contribution in [3.63, 3.8) is 0 Å². The Morgan fingerprint density at radius 2 is 2.23 bits per heavy atom. The van der Waals surface area contributed by atoms with E-state index in [4.69, 9.17) is 10.3 Å². The summed E-state index contributed by atoms with van der Waals surface area (Å²) >= 11 is 0. The van der Waals surface area contributed by atoms with Crippen molar-refractivity contribution in [2.45, 2.75) is 44.6 Å². The molecule has 1 atom stereocenters. The molecule has 2 aliphatic rings. The predicted octanol–water partition coefficient (Wildman–Crippen LogP) is 1.88. The molecule has 3 N–H and O–H groups in total. The summed E-state index contributed by atoms with van der Waals surface area (Å²) in [6.07, 6.45) is 4.60. The highest BCUT2D eigenvalue weighted by molar-refractivity contribution is 6.06. The largest absolute Gasteiger partial charge is 0.350 e. The van der Waals surface area contributed by atoms with Crippen LogP contribution in [0, 0.1) is 12.8 Å². The third kappa shape index (κ3) is 2.47. The summed E-state index contributed by atoms with van der Waals surface area (Å²) in [4.78, 5) is 17.1. The highest BCUT2D eigenvalue weighted by Gasteiger charge is 2.30. The van der Waals surface area contributed by atoms with Crippen molar-refractivity contribution in [2.24, 2.45) is 11.7 Å². The Morgan fingerprint density at radius 3 is 2.91 bits per heavy atom. The van der Waals surface area contributed by atoms with E-state index in [1.165, 1.54) is 12.8 Å². The first-order chi connectivity index (χ1) is 10.6. The standard InChI is InChI=1S/C16H20N4O2/c1-8-14-11(15(21)18-7-12(17)9-2-3-9)6-13(10-4-5-10)19-16(14)22-20-8/h6,9-10,12H,2-5,7,17H2,1H3,(H,18,21). The van der Waals surface area contributed by atoms with E-state index in [1.807, 2.05) is 13.0 Å². The number of hydrogen-bond acceptors (Lipinski definition) is 5. The number of amides is 1. The van der Waals surface area contributed by atoms with Gasteiger partial charge in [0.15, 0.2) is 0 Å². The van der Waals surface area contributed by atoms with Gasteiger partial charge in [-0.3, -0.25) is 4.79 Å². The number of carbonyl (C=O) groups is 1. The molecule has 2 fully saturated rings. The molecular weight excluding hydrogens is 280 g/mol. The van der Waals surface area contributed by atoms with Gasteiger partial charge in [-0.15, -0.1) is 0 Å². The molecule has 1 unspecified atom stereocenters. The Morgan fingerprint density at radius 1 is 1.45 bits per heavy atom. The minimum absolute atomic E-state index is 0.0488. The van der Waals surface area contributed by atoms with Gasteiger partial charge in [-0.2, -0.15) is 0 Å². The van der Waals surface area contributed by atoms with Gasteiger partial charge < -0.3 is 15.6 Å². The van der Waals surface area contributed by atoms with Gasteiger partial charge in [0.2, 0.25) is 0 Å². The topological polar surface area (TPSA) is 94.0 Å². The number of aromatic nitrogens is 2. The molecule has 2 aliphatic carbocycles. The number of hydrogen-bond donors (Lipinski definition) is 2. The van der Waals surface area contributed by atoms with Gasteiger partial charge in [0.1, 0.15) is 0 Å². The quantitative estimate of drug-likeness (QED) is 0.879. The first kappa shape index (κ1) is 13.7. The van der Waals surface area contributed by atoms with Crippen molar-refractivity contribution in [3.05, 3.63) is 23.0 Å². The maximum Gasteiger partial charge on any atom is 0.259 e. The number of aryl methyl sites for hydroxylation is 1. The Kier molecular flexibility index (Phi) is 3.14. The lowest BCUT2D eigenvalue weighted by molar-refractivity contribution is 0.0951. The molecule has 0 aliphatic heterocycles. The molecule has 0 aromatic carbocycles. The van der Waals surface area contributed by atoms with E-state index in [1.54, 1.807) is 0 Å². The molecule has 6 heteroatoms. The van der Waals surface area contributed by atoms with Crippen LogP contribution < -0.4 is 11.1 Å². The number of pyridine rings is 1. The highest BCUT2D eigenvalue weighted by atomic mass is 16.5. The number of nitrogens with one attached hydrogen (secondary N) is 1. The molecule has 0 bridgehead atoms. The van der Waals surface area contributed by atoms with Crippen LogP contribution in [0.4, 0.5) is 0 Å². The molecular formula is C16H20N4O2. The predicted molar refractivity (Wildman–Crippen MR) is 81.5 cm³/mol. The van der Waals surface area contributed by atoms with E-state index in [2.05, 4.69) is 15.5 Å². The molecule has 6 nitrogen and oxygen atoms in total. The van der Waals surface area contributed by atoms with Gasteiger partial charge >= 0.3 is 0 Å². The maximum atomic E-state index is 12.6. The smallest absolute Gasteiger partial charge is 0.259 e. The van der Waals surface area contributed by atoms with Crippen LogP contribution in [-0.4, -0.2) is 28.6 Å². The summed E-state index contributed by atoms with van der Waals surface area (Å²) < 4.78 is 5.27. The fraction of sp³-hybridized carbons (Fsp3) is 0.562. The van der Waals surface area contributed by atoms with Crippen molar-refractivity contribution in [1.29, 1.82) is 0 Å². The Hall–Kier alpha value is -1.95. The fourth-order valence-corrected chi connectivity index (χ4v) is 2.88. The minimum atomic E-state index is -0.114. The van der Waals surface area contributed by atoms with Crippen LogP contribution in [0.25, 0.3) is 11.1 Å². The second-order valence-corrected chi connectivity index (χ2v) is 6.53. The van der Waals surface area contributed by atoms with E-state index in [9.17, 15) is 4.79 Å². The van der Waals surface area contributed by atoms with Gasteiger partial charge in [-0.1, -0.05) is 5.16 Å². The molecule has 116 valence electrons. The molecule has 2 aromatic heterocycles. The van der Waals surface area contributed by atoms with Gasteiger partial charge in [0.05, 0.1) is 16.6 Å². The van der Waals surface area contributed by atoms with Crippen molar-refractivity contribution in [2.75, 3.05) is 6.54 Å². The normalized spacial score (nSPS) is 19.4. The summed E-state index contributed by atoms with van der Waals surface area (Å²) in [5.74, 6) is 0.906. The Balaban J connectivity index is 1.63. The van der Waals surface area contributed by atoms with Gasteiger partial charge in [-0.25, -0.2) is 4.98 Å². The Labute approximate surface area is 128 Å². The molecule has 0 radical (unpaired) electrons. The summed E-state index contributed by atoms with van der Waals surface area (Å²) in [5.41, 5.74) is 8.75. The van der Waals surface area contributed by atoms with Crippen LogP contribution >= 0.6 is 0 Å². The molecule has 1 amide bonds. The second kappa shape index (κ2) is 5.05. The summed E-state index contributed by atoms with van der Waals surface area (Å²) in [6, 6.07) is 1.94. The molecule has 2 aromatic rings. The maximum absolute atomic E-state index is 12.6. The van der Waals surface area contributed by atoms with Crippen LogP contribution in [0.1, 0.15) is 53.3 Å². The zero-order valence-electron chi connectivity index (χ0n) is 12.6. The highest BCUT2D eigenvalue weighted by Crippen LogP contribution is 2.40. The van der Waals surface area contributed by atoms with E-state index in [-0.39, 0.29) is 11.9 Å². The number of rotatable bonds is 5. The minimum Gasteiger partial charge on any atom is -0.350 e. The first-order valence-electron chi connectivity index (χ1n) is 7.94. The average Bonchev–Trinajstić information content (AvgIpc) is 3.41. The van der Waals surface area contributed by atoms with Crippen molar-refractivity contribution in [1.82, 2.24) is 15.5 Å². The van der Waals surface area contributed by atoms with Gasteiger partial charge in [0.25, 0.3) is 11.6 Å². The van der Waals surface area contributed by atoms with Crippen LogP contribution in [0.2, 0.25) is 0 Å². The van der Waals surface area contributed by atoms with E-state index >= 15 is 0 Å². The van der Waals surface area contributed by atoms with Crippen molar-refractivity contribution >= 4 is 17.0 Å². The van der Waals surface area contributed by atoms with E-state index in [0.29, 0.717) is 40.7 Å². The molecule has 2 saturated carbocycles. The number of fused-ring (bicyclic) bond motifs is 1. The van der Waals surface area contributed by atoms with Crippen LogP contribution in [0.5, 0.6) is 0 Å². The zero-order chi connectivity index (χ0) is 15.3. The van der Waals surface area contributed by atoms with Crippen molar-refractivity contribution < 1.29 is 9.32 Å². The third-order valence-corrected chi connectivity index (χ3v) is 4.60. The second-order valence-electron chi connectivity index (χ2n) is 6.53. The molecule has 2 heterocycles. The van der Waals surface area contributed by atoms with Crippen LogP contribution in [0.15, 0.2) is 10.6 Å². The molecule has 4 rings (SSSR count). The Bertz CT molecular complexity index is 731. The van der Waals surface area contributed by atoms with Crippen LogP contribution in [0.3, 0.4) is 0 Å². The first-order valence-corrected chi connectivity index (χ1v) is 7.94. The average molecular weight is 300 g/mol. The van der Waals surface area contributed by atoms with Gasteiger partial charge in [-0.05, 0) is 44.6 Å². The van der Waals surface area contributed by atoms with E-state index < -0.39 is 0 Å².